The molecule has 1 aromatic rings. The Kier molecular flexibility index (Phi) is 10.2. The quantitative estimate of drug-likeness (QED) is 0.500. The molecule has 3 unspecified atom stereocenters. The summed E-state index contributed by atoms with van der Waals surface area (Å²) >= 11 is 0. The van der Waals surface area contributed by atoms with Crippen molar-refractivity contribution < 1.29 is 14.3 Å². The average Bonchev–Trinajstić information content (AvgIpc) is 2.80. The first-order valence-electron chi connectivity index (χ1n) is 11.2. The van der Waals surface area contributed by atoms with Gasteiger partial charge in [-0.15, -0.1) is 0 Å². The van der Waals surface area contributed by atoms with Crippen molar-refractivity contribution in [1.82, 2.24) is 4.90 Å². The minimum atomic E-state index is 0.0891. The Labute approximate surface area is 182 Å². The van der Waals surface area contributed by atoms with E-state index in [1.165, 1.54) is 5.56 Å². The second-order valence-electron chi connectivity index (χ2n) is 8.61. The summed E-state index contributed by atoms with van der Waals surface area (Å²) in [6.45, 7) is 6.42. The molecule has 30 heavy (non-hydrogen) atoms. The molecule has 0 spiro atoms. The number of methoxy groups -OCH3 is 2. The lowest BCUT2D eigenvalue weighted by Gasteiger charge is -2.25. The van der Waals surface area contributed by atoms with Crippen molar-refractivity contribution in [3.8, 4) is 0 Å². The van der Waals surface area contributed by atoms with Crippen LogP contribution < -0.4 is 0 Å². The number of allylic oxidation sites excluding steroid dienone is 2. The standard InChI is InChI=1S/C26H39NO3/c1-6-21(14-15-27(3)19-22-10-8-7-9-11-22)18-23-16-20(2)17-26(30-5)25(29-4)13-12-24(23)28/h7-11,13,17,20-21,23H,6,12,14-16,18-19H2,1-5H3/b25-13+,26-17+. The van der Waals surface area contributed by atoms with Crippen molar-refractivity contribution in [1.29, 1.82) is 0 Å². The Morgan fingerprint density at radius 1 is 1.13 bits per heavy atom. The van der Waals surface area contributed by atoms with Gasteiger partial charge in [0.2, 0.25) is 0 Å². The molecule has 166 valence electrons. The summed E-state index contributed by atoms with van der Waals surface area (Å²) in [4.78, 5) is 15.4. The maximum Gasteiger partial charge on any atom is 0.156 e. The maximum absolute atomic E-state index is 13.0. The SMILES string of the molecule is CCC(CCN(C)Cc1ccccc1)CC1CC(C)/C=C(OC)\C(OC)=C/CC1=O. The minimum absolute atomic E-state index is 0.0891. The normalized spacial score (nSPS) is 24.7. The molecule has 3 atom stereocenters. The molecule has 0 aromatic heterocycles. The lowest BCUT2D eigenvalue weighted by Crippen LogP contribution is -2.24. The van der Waals surface area contributed by atoms with Crippen molar-refractivity contribution in [3.05, 3.63) is 59.6 Å². The Morgan fingerprint density at radius 3 is 2.47 bits per heavy atom. The molecular weight excluding hydrogens is 374 g/mol. The molecule has 0 radical (unpaired) electrons. The third-order valence-electron chi connectivity index (χ3n) is 6.13. The van der Waals surface area contributed by atoms with Crippen molar-refractivity contribution in [2.75, 3.05) is 27.8 Å². The first kappa shape index (κ1) is 24.2. The topological polar surface area (TPSA) is 38.8 Å². The van der Waals surface area contributed by atoms with Gasteiger partial charge < -0.3 is 14.4 Å². The molecule has 0 N–H and O–H groups in total. The fourth-order valence-corrected chi connectivity index (χ4v) is 4.30. The zero-order valence-electron chi connectivity index (χ0n) is 19.4. The van der Waals surface area contributed by atoms with Crippen LogP contribution >= 0.6 is 0 Å². The second kappa shape index (κ2) is 12.6. The Bertz CT molecular complexity index is 710. The van der Waals surface area contributed by atoms with Gasteiger partial charge in [-0.3, -0.25) is 4.79 Å². The highest BCUT2D eigenvalue weighted by molar-refractivity contribution is 5.82. The summed E-state index contributed by atoms with van der Waals surface area (Å²) in [6.07, 6.45) is 8.43. The van der Waals surface area contributed by atoms with Crippen LogP contribution in [0.25, 0.3) is 0 Å². The second-order valence-corrected chi connectivity index (χ2v) is 8.61. The maximum atomic E-state index is 13.0. The highest BCUT2D eigenvalue weighted by Gasteiger charge is 2.25. The van der Waals surface area contributed by atoms with E-state index in [-0.39, 0.29) is 11.8 Å². The van der Waals surface area contributed by atoms with Crippen LogP contribution in [0.5, 0.6) is 0 Å². The van der Waals surface area contributed by atoms with Crippen LogP contribution in [0.1, 0.15) is 51.5 Å². The van der Waals surface area contributed by atoms with E-state index in [0.717, 1.165) is 44.5 Å². The number of hydrogen-bond acceptors (Lipinski definition) is 4. The lowest BCUT2D eigenvalue weighted by molar-refractivity contribution is -0.123. The number of ketones is 1. The Balaban J connectivity index is 1.96. The van der Waals surface area contributed by atoms with E-state index >= 15 is 0 Å². The molecule has 0 saturated heterocycles. The monoisotopic (exact) mass is 413 g/mol. The third-order valence-corrected chi connectivity index (χ3v) is 6.13. The van der Waals surface area contributed by atoms with Crippen molar-refractivity contribution >= 4 is 5.78 Å². The fourth-order valence-electron chi connectivity index (χ4n) is 4.30. The highest BCUT2D eigenvalue weighted by Crippen LogP contribution is 2.30. The van der Waals surface area contributed by atoms with Gasteiger partial charge in [-0.2, -0.15) is 0 Å². The molecule has 0 fully saturated rings. The lowest BCUT2D eigenvalue weighted by atomic mass is 9.82. The third kappa shape index (κ3) is 7.64. The summed E-state index contributed by atoms with van der Waals surface area (Å²) in [5.41, 5.74) is 1.34. The van der Waals surface area contributed by atoms with Crippen LogP contribution in [0.3, 0.4) is 0 Å². The molecule has 1 aliphatic carbocycles. The summed E-state index contributed by atoms with van der Waals surface area (Å²) in [5, 5.41) is 0. The summed E-state index contributed by atoms with van der Waals surface area (Å²) in [6, 6.07) is 10.6. The van der Waals surface area contributed by atoms with Gasteiger partial charge in [-0.25, -0.2) is 0 Å². The molecule has 0 heterocycles. The zero-order chi connectivity index (χ0) is 21.9. The van der Waals surface area contributed by atoms with Crippen LogP contribution in [-0.2, 0) is 20.8 Å². The Morgan fingerprint density at radius 2 is 1.83 bits per heavy atom. The van der Waals surface area contributed by atoms with E-state index in [9.17, 15) is 4.79 Å². The first-order valence-corrected chi connectivity index (χ1v) is 11.2. The van der Waals surface area contributed by atoms with Crippen LogP contribution in [-0.4, -0.2) is 38.5 Å². The van der Waals surface area contributed by atoms with Gasteiger partial charge in [0.15, 0.2) is 11.5 Å². The molecule has 1 aliphatic rings. The average molecular weight is 414 g/mol. The van der Waals surface area contributed by atoms with E-state index in [4.69, 9.17) is 9.47 Å². The number of carbonyl (C=O) groups is 1. The summed E-state index contributed by atoms with van der Waals surface area (Å²) in [7, 11) is 5.46. The highest BCUT2D eigenvalue weighted by atomic mass is 16.5. The van der Waals surface area contributed by atoms with E-state index in [1.807, 2.05) is 6.08 Å². The van der Waals surface area contributed by atoms with Gasteiger partial charge >= 0.3 is 0 Å². The van der Waals surface area contributed by atoms with Crippen LogP contribution in [0.2, 0.25) is 0 Å². The van der Waals surface area contributed by atoms with Gasteiger partial charge in [0, 0.05) is 18.9 Å². The first-order chi connectivity index (χ1) is 14.5. The molecule has 0 aliphatic heterocycles. The minimum Gasteiger partial charge on any atom is -0.493 e. The number of Topliss-reactive ketones (excluding diaryl/α,β-unsaturated/α-hetero) is 1. The molecule has 1 aromatic carbocycles. The zero-order valence-corrected chi connectivity index (χ0v) is 19.4. The smallest absolute Gasteiger partial charge is 0.156 e. The van der Waals surface area contributed by atoms with Crippen LogP contribution in [0, 0.1) is 17.8 Å². The van der Waals surface area contributed by atoms with Gasteiger partial charge in [-0.1, -0.05) is 50.6 Å². The molecule has 4 nitrogen and oxygen atoms in total. The van der Waals surface area contributed by atoms with E-state index < -0.39 is 0 Å². The summed E-state index contributed by atoms with van der Waals surface area (Å²) < 4.78 is 10.9. The summed E-state index contributed by atoms with van der Waals surface area (Å²) in [5.74, 6) is 2.62. The number of ether oxygens (including phenoxy) is 2. The molecule has 0 saturated carbocycles. The largest absolute Gasteiger partial charge is 0.493 e. The Hall–Kier alpha value is -2.07. The molecule has 0 bridgehead atoms. The van der Waals surface area contributed by atoms with Gasteiger partial charge in [0.25, 0.3) is 0 Å². The van der Waals surface area contributed by atoms with Crippen molar-refractivity contribution in [2.24, 2.45) is 17.8 Å². The number of hydrogen-bond donors (Lipinski definition) is 0. The van der Waals surface area contributed by atoms with Crippen molar-refractivity contribution in [2.45, 2.75) is 52.5 Å². The van der Waals surface area contributed by atoms with Gasteiger partial charge in [0.05, 0.1) is 14.2 Å². The molecule has 2 rings (SSSR count). The van der Waals surface area contributed by atoms with E-state index in [2.05, 4.69) is 62.2 Å². The van der Waals surface area contributed by atoms with Crippen LogP contribution in [0.4, 0.5) is 0 Å². The number of carbonyl (C=O) groups excluding carboxylic acids is 1. The molecule has 0 amide bonds. The number of nitrogens with zero attached hydrogens (tertiary/aromatic N) is 1. The molecular formula is C26H39NO3. The van der Waals surface area contributed by atoms with E-state index in [1.54, 1.807) is 14.2 Å². The van der Waals surface area contributed by atoms with Gasteiger partial charge in [-0.05, 0) is 62.4 Å². The number of benzene rings is 1. The number of rotatable bonds is 10. The fraction of sp³-hybridized carbons (Fsp3) is 0.577. The van der Waals surface area contributed by atoms with Crippen LogP contribution in [0.15, 0.2) is 54.0 Å². The van der Waals surface area contributed by atoms with Crippen molar-refractivity contribution in [3.63, 3.8) is 0 Å². The predicted octanol–water partition coefficient (Wildman–Crippen LogP) is 5.60. The molecule has 4 heteroatoms. The van der Waals surface area contributed by atoms with Gasteiger partial charge in [0.1, 0.15) is 5.78 Å². The predicted molar refractivity (Wildman–Crippen MR) is 123 cm³/mol. The van der Waals surface area contributed by atoms with E-state index in [0.29, 0.717) is 23.9 Å².